The van der Waals surface area contributed by atoms with Crippen LogP contribution in [0.15, 0.2) is 0 Å². The van der Waals surface area contributed by atoms with Crippen molar-refractivity contribution >= 4 is 0 Å². The van der Waals surface area contributed by atoms with Crippen LogP contribution in [0.2, 0.25) is 0 Å². The fourth-order valence-electron chi connectivity index (χ4n) is 2.78. The summed E-state index contributed by atoms with van der Waals surface area (Å²) in [6, 6.07) is 0. The maximum absolute atomic E-state index is 4.87. The summed E-state index contributed by atoms with van der Waals surface area (Å²) in [5.41, 5.74) is 6.88. The topological polar surface area (TPSA) is 12.9 Å². The Bertz CT molecular complexity index is 428. The Morgan fingerprint density at radius 3 is 1.53 bits per heavy atom. The number of aromatic nitrogens is 1. The molecule has 0 atom stereocenters. The summed E-state index contributed by atoms with van der Waals surface area (Å²) in [4.78, 5) is 4.87. The van der Waals surface area contributed by atoms with Crippen LogP contribution in [-0.2, 0) is 10.8 Å². The van der Waals surface area contributed by atoms with Gasteiger partial charge in [0.05, 0.1) is 0 Å². The monoisotopic (exact) mass is 233 g/mol. The summed E-state index contributed by atoms with van der Waals surface area (Å²) in [6.45, 7) is 20.1. The van der Waals surface area contributed by atoms with Gasteiger partial charge in [0.15, 0.2) is 0 Å². The summed E-state index contributed by atoms with van der Waals surface area (Å²) in [6.07, 6.45) is 0. The van der Waals surface area contributed by atoms with Gasteiger partial charge >= 0.3 is 0 Å². The van der Waals surface area contributed by atoms with Crippen LogP contribution >= 0.6 is 0 Å². The number of hydrogen-bond acceptors (Lipinski definition) is 1. The van der Waals surface area contributed by atoms with E-state index in [2.05, 4.69) is 62.3 Å². The molecular formula is C16H27N. The average Bonchev–Trinajstić information content (AvgIpc) is 2.07. The molecular weight excluding hydrogens is 206 g/mol. The molecule has 0 aliphatic carbocycles. The van der Waals surface area contributed by atoms with Crippen LogP contribution < -0.4 is 0 Å². The molecule has 0 aliphatic rings. The minimum absolute atomic E-state index is 0.121. The molecule has 96 valence electrons. The number of hydrogen-bond donors (Lipinski definition) is 0. The first kappa shape index (κ1) is 14.2. The van der Waals surface area contributed by atoms with E-state index in [-0.39, 0.29) is 10.8 Å². The second-order valence-corrected chi connectivity index (χ2v) is 7.17. The maximum atomic E-state index is 4.87. The predicted octanol–water partition coefficient (Wildman–Crippen LogP) is 4.60. The van der Waals surface area contributed by atoms with E-state index >= 15 is 0 Å². The summed E-state index contributed by atoms with van der Waals surface area (Å²) < 4.78 is 0. The molecule has 0 radical (unpaired) electrons. The summed E-state index contributed by atoms with van der Waals surface area (Å²) >= 11 is 0. The molecule has 0 N–H and O–H groups in total. The molecule has 0 saturated carbocycles. The smallest absolute Gasteiger partial charge is 0.0492 e. The molecule has 1 aromatic heterocycles. The molecule has 0 spiro atoms. The second kappa shape index (κ2) is 4.12. The van der Waals surface area contributed by atoms with E-state index in [0.29, 0.717) is 0 Å². The van der Waals surface area contributed by atoms with E-state index in [9.17, 15) is 0 Å². The number of rotatable bonds is 0. The summed E-state index contributed by atoms with van der Waals surface area (Å²) in [5, 5.41) is 0. The standard InChI is InChI=1S/C16H27N/c1-10-11(2)14(16(7,8)9)17-12(3)13(10)15(4,5)6/h1-9H3. The van der Waals surface area contributed by atoms with E-state index < -0.39 is 0 Å². The van der Waals surface area contributed by atoms with Gasteiger partial charge in [-0.15, -0.1) is 0 Å². The van der Waals surface area contributed by atoms with Crippen molar-refractivity contribution in [3.8, 4) is 0 Å². The van der Waals surface area contributed by atoms with Gasteiger partial charge in [-0.25, -0.2) is 0 Å². The Kier molecular flexibility index (Phi) is 3.44. The summed E-state index contributed by atoms with van der Waals surface area (Å²) in [7, 11) is 0. The van der Waals surface area contributed by atoms with Crippen LogP contribution in [-0.4, -0.2) is 4.98 Å². The van der Waals surface area contributed by atoms with Crippen LogP contribution in [0.5, 0.6) is 0 Å². The van der Waals surface area contributed by atoms with E-state index in [1.54, 1.807) is 0 Å². The molecule has 0 amide bonds. The van der Waals surface area contributed by atoms with Crippen LogP contribution in [0.1, 0.15) is 69.6 Å². The van der Waals surface area contributed by atoms with Crippen LogP contribution in [0.25, 0.3) is 0 Å². The van der Waals surface area contributed by atoms with Gasteiger partial charge in [-0.05, 0) is 42.9 Å². The highest BCUT2D eigenvalue weighted by Crippen LogP contribution is 2.34. The van der Waals surface area contributed by atoms with Crippen molar-refractivity contribution in [2.45, 2.75) is 73.1 Å². The van der Waals surface area contributed by atoms with Gasteiger partial charge in [0.25, 0.3) is 0 Å². The lowest BCUT2D eigenvalue weighted by Crippen LogP contribution is -2.22. The number of nitrogens with zero attached hydrogens (tertiary/aromatic N) is 1. The van der Waals surface area contributed by atoms with Crippen molar-refractivity contribution in [1.29, 1.82) is 0 Å². The maximum Gasteiger partial charge on any atom is 0.0492 e. The van der Waals surface area contributed by atoms with E-state index in [4.69, 9.17) is 4.98 Å². The highest BCUT2D eigenvalue weighted by molar-refractivity contribution is 5.44. The normalized spacial score (nSPS) is 13.0. The van der Waals surface area contributed by atoms with Gasteiger partial charge in [-0.1, -0.05) is 41.5 Å². The Balaban J connectivity index is 3.60. The van der Waals surface area contributed by atoms with Gasteiger partial charge in [-0.2, -0.15) is 0 Å². The molecule has 0 bridgehead atoms. The third-order valence-corrected chi connectivity index (χ3v) is 3.39. The SMILES string of the molecule is Cc1nc(C(C)(C)C)c(C)c(C)c1C(C)(C)C. The van der Waals surface area contributed by atoms with E-state index in [0.717, 1.165) is 0 Å². The van der Waals surface area contributed by atoms with Crippen molar-refractivity contribution < 1.29 is 0 Å². The first-order valence-electron chi connectivity index (χ1n) is 6.45. The van der Waals surface area contributed by atoms with Gasteiger partial charge in [0, 0.05) is 16.8 Å². The average molecular weight is 233 g/mol. The van der Waals surface area contributed by atoms with E-state index in [1.165, 1.54) is 28.1 Å². The minimum Gasteiger partial charge on any atom is -0.257 e. The molecule has 1 rings (SSSR count). The fraction of sp³-hybridized carbons (Fsp3) is 0.688. The zero-order chi connectivity index (χ0) is 13.6. The van der Waals surface area contributed by atoms with Gasteiger partial charge in [0.1, 0.15) is 0 Å². The lowest BCUT2D eigenvalue weighted by molar-refractivity contribution is 0.543. The molecule has 0 aromatic carbocycles. The largest absolute Gasteiger partial charge is 0.257 e. The fourth-order valence-corrected chi connectivity index (χ4v) is 2.78. The molecule has 0 unspecified atom stereocenters. The van der Waals surface area contributed by atoms with Crippen molar-refractivity contribution in [2.75, 3.05) is 0 Å². The van der Waals surface area contributed by atoms with Crippen molar-refractivity contribution in [3.63, 3.8) is 0 Å². The Morgan fingerprint density at radius 1 is 0.706 bits per heavy atom. The van der Waals surface area contributed by atoms with Crippen molar-refractivity contribution in [3.05, 3.63) is 28.1 Å². The van der Waals surface area contributed by atoms with Gasteiger partial charge in [-0.3, -0.25) is 4.98 Å². The third kappa shape index (κ3) is 2.70. The highest BCUT2D eigenvalue weighted by Gasteiger charge is 2.26. The predicted molar refractivity (Wildman–Crippen MR) is 75.8 cm³/mol. The van der Waals surface area contributed by atoms with Crippen LogP contribution in [0.3, 0.4) is 0 Å². The molecule has 0 fully saturated rings. The molecule has 1 aromatic rings. The Labute approximate surface area is 107 Å². The molecule has 0 saturated heterocycles. The number of aryl methyl sites for hydroxylation is 1. The van der Waals surface area contributed by atoms with Crippen LogP contribution in [0, 0.1) is 20.8 Å². The highest BCUT2D eigenvalue weighted by atomic mass is 14.7. The Morgan fingerprint density at radius 2 is 1.18 bits per heavy atom. The first-order chi connectivity index (χ1) is 7.46. The molecule has 1 heteroatoms. The Hall–Kier alpha value is -0.850. The lowest BCUT2D eigenvalue weighted by Gasteiger charge is -2.29. The zero-order valence-corrected chi connectivity index (χ0v) is 12.9. The molecule has 1 nitrogen and oxygen atoms in total. The quantitative estimate of drug-likeness (QED) is 0.638. The van der Waals surface area contributed by atoms with Crippen molar-refractivity contribution in [1.82, 2.24) is 4.98 Å². The van der Waals surface area contributed by atoms with Crippen LogP contribution in [0.4, 0.5) is 0 Å². The molecule has 0 aliphatic heterocycles. The molecule has 1 heterocycles. The third-order valence-electron chi connectivity index (χ3n) is 3.39. The number of pyridine rings is 1. The second-order valence-electron chi connectivity index (χ2n) is 7.17. The first-order valence-corrected chi connectivity index (χ1v) is 6.45. The van der Waals surface area contributed by atoms with Gasteiger partial charge in [0.2, 0.25) is 0 Å². The van der Waals surface area contributed by atoms with E-state index in [1.807, 2.05) is 0 Å². The lowest BCUT2D eigenvalue weighted by atomic mass is 9.79. The van der Waals surface area contributed by atoms with Gasteiger partial charge < -0.3 is 0 Å². The van der Waals surface area contributed by atoms with Crippen molar-refractivity contribution in [2.24, 2.45) is 0 Å². The molecule has 17 heavy (non-hydrogen) atoms. The minimum atomic E-state index is 0.121. The zero-order valence-electron chi connectivity index (χ0n) is 12.9. The summed E-state index contributed by atoms with van der Waals surface area (Å²) in [5.74, 6) is 0.